The molecular weight excluding hydrogens is 226 g/mol. The molecule has 1 unspecified atom stereocenters. The van der Waals surface area contributed by atoms with Crippen LogP contribution in [0.2, 0.25) is 0 Å². The molecule has 1 heterocycles. The number of rotatable bonds is 3. The molecule has 2 amide bonds. The molecule has 4 heteroatoms. The van der Waals surface area contributed by atoms with Crippen LogP contribution in [0.4, 0.5) is 4.79 Å². The predicted molar refractivity (Wildman–Crippen MR) is 72.7 cm³/mol. The fourth-order valence-corrected chi connectivity index (χ4v) is 2.37. The number of carbonyl (C=O) groups is 1. The third-order valence-corrected chi connectivity index (χ3v) is 3.47. The Morgan fingerprint density at radius 1 is 1.39 bits per heavy atom. The molecule has 0 bridgehead atoms. The quantitative estimate of drug-likeness (QED) is 0.889. The molecule has 0 radical (unpaired) electrons. The van der Waals surface area contributed by atoms with Crippen molar-refractivity contribution < 1.29 is 4.79 Å². The van der Waals surface area contributed by atoms with Gasteiger partial charge in [-0.1, -0.05) is 25.1 Å². The summed E-state index contributed by atoms with van der Waals surface area (Å²) < 4.78 is 0. The van der Waals surface area contributed by atoms with Gasteiger partial charge in [0.25, 0.3) is 0 Å². The van der Waals surface area contributed by atoms with E-state index in [4.69, 9.17) is 5.73 Å². The van der Waals surface area contributed by atoms with Crippen LogP contribution in [-0.4, -0.2) is 23.3 Å². The lowest BCUT2D eigenvalue weighted by Gasteiger charge is -2.25. The van der Waals surface area contributed by atoms with E-state index in [1.54, 1.807) is 4.90 Å². The number of amides is 2. The fourth-order valence-electron chi connectivity index (χ4n) is 2.37. The average Bonchev–Trinajstić information content (AvgIpc) is 2.59. The molecular formula is C14H19N3O. The minimum Gasteiger partial charge on any atom is -0.385 e. The molecule has 0 aliphatic carbocycles. The van der Waals surface area contributed by atoms with E-state index in [2.05, 4.69) is 24.9 Å². The summed E-state index contributed by atoms with van der Waals surface area (Å²) in [6.45, 7) is 6.85. The molecule has 96 valence electrons. The fraction of sp³-hybridized carbons (Fsp3) is 0.429. The molecule has 2 N–H and O–H groups in total. The summed E-state index contributed by atoms with van der Waals surface area (Å²) in [5, 5.41) is 0. The first kappa shape index (κ1) is 12.6. The second-order valence-electron chi connectivity index (χ2n) is 4.70. The minimum atomic E-state index is -0.222. The Morgan fingerprint density at radius 2 is 2.11 bits per heavy atom. The first-order valence-electron chi connectivity index (χ1n) is 6.27. The highest BCUT2D eigenvalue weighted by molar-refractivity contribution is 6.03. The van der Waals surface area contributed by atoms with Crippen LogP contribution in [0.15, 0.2) is 23.2 Å². The number of hydrogen-bond donors (Lipinski definition) is 1. The second-order valence-corrected chi connectivity index (χ2v) is 4.70. The van der Waals surface area contributed by atoms with Crippen LogP contribution in [-0.2, 0) is 0 Å². The van der Waals surface area contributed by atoms with Gasteiger partial charge in [-0.15, -0.1) is 0 Å². The van der Waals surface area contributed by atoms with Crippen LogP contribution in [0.1, 0.15) is 36.1 Å². The highest BCUT2D eigenvalue weighted by atomic mass is 16.2. The average molecular weight is 245 g/mol. The lowest BCUT2D eigenvalue weighted by atomic mass is 9.96. The van der Waals surface area contributed by atoms with Gasteiger partial charge in [0.05, 0.1) is 0 Å². The Labute approximate surface area is 108 Å². The van der Waals surface area contributed by atoms with Gasteiger partial charge in [0, 0.05) is 6.54 Å². The molecule has 1 aromatic rings. The third-order valence-electron chi connectivity index (χ3n) is 3.47. The van der Waals surface area contributed by atoms with E-state index in [1.807, 2.05) is 19.1 Å². The van der Waals surface area contributed by atoms with Crippen molar-refractivity contribution in [1.82, 2.24) is 4.90 Å². The van der Waals surface area contributed by atoms with Crippen LogP contribution in [0.5, 0.6) is 0 Å². The van der Waals surface area contributed by atoms with Gasteiger partial charge in [-0.05, 0) is 37.0 Å². The summed E-state index contributed by atoms with van der Waals surface area (Å²) in [7, 11) is 0. The van der Waals surface area contributed by atoms with Gasteiger partial charge >= 0.3 is 6.03 Å². The number of nitrogens with zero attached hydrogens (tertiary/aromatic N) is 2. The number of aryl methyl sites for hydroxylation is 1. The standard InChI is InChI=1S/C14H19N3O/c1-4-8-17-12(13(15)16-14(17)18)11-7-5-6-9(2)10(11)3/h5-7,12H,4,8H2,1-3H3,(H2,15,16,18). The van der Waals surface area contributed by atoms with E-state index < -0.39 is 0 Å². The van der Waals surface area contributed by atoms with Crippen LogP contribution in [0.25, 0.3) is 0 Å². The maximum atomic E-state index is 11.8. The van der Waals surface area contributed by atoms with Crippen molar-refractivity contribution in [2.24, 2.45) is 10.7 Å². The topological polar surface area (TPSA) is 58.7 Å². The molecule has 0 aromatic heterocycles. The van der Waals surface area contributed by atoms with Gasteiger partial charge < -0.3 is 10.6 Å². The van der Waals surface area contributed by atoms with Gasteiger partial charge in [-0.3, -0.25) is 0 Å². The van der Waals surface area contributed by atoms with Crippen LogP contribution < -0.4 is 5.73 Å². The zero-order chi connectivity index (χ0) is 13.3. The van der Waals surface area contributed by atoms with Crippen molar-refractivity contribution in [1.29, 1.82) is 0 Å². The van der Waals surface area contributed by atoms with Crippen molar-refractivity contribution in [2.75, 3.05) is 6.54 Å². The Morgan fingerprint density at radius 3 is 2.78 bits per heavy atom. The van der Waals surface area contributed by atoms with Gasteiger partial charge in [0.15, 0.2) is 0 Å². The van der Waals surface area contributed by atoms with Crippen LogP contribution in [0, 0.1) is 13.8 Å². The molecule has 0 fully saturated rings. The molecule has 1 atom stereocenters. The second kappa shape index (κ2) is 4.80. The van der Waals surface area contributed by atoms with Crippen LogP contribution >= 0.6 is 0 Å². The van der Waals surface area contributed by atoms with Crippen LogP contribution in [0.3, 0.4) is 0 Å². The largest absolute Gasteiger partial charge is 0.385 e. The highest BCUT2D eigenvalue weighted by Gasteiger charge is 2.34. The van der Waals surface area contributed by atoms with E-state index in [9.17, 15) is 4.79 Å². The molecule has 0 saturated carbocycles. The summed E-state index contributed by atoms with van der Waals surface area (Å²) in [5.41, 5.74) is 9.39. The number of hydrogen-bond acceptors (Lipinski definition) is 2. The number of amidine groups is 1. The summed E-state index contributed by atoms with van der Waals surface area (Å²) in [5.74, 6) is 0.405. The predicted octanol–water partition coefficient (Wildman–Crippen LogP) is 2.55. The van der Waals surface area contributed by atoms with E-state index in [0.29, 0.717) is 12.4 Å². The third kappa shape index (κ3) is 1.98. The van der Waals surface area contributed by atoms with E-state index in [-0.39, 0.29) is 12.1 Å². The Balaban J connectivity index is 2.44. The lowest BCUT2D eigenvalue weighted by Crippen LogP contribution is -2.34. The maximum absolute atomic E-state index is 11.8. The molecule has 4 nitrogen and oxygen atoms in total. The van der Waals surface area contributed by atoms with E-state index in [1.165, 1.54) is 11.1 Å². The number of urea groups is 1. The molecule has 18 heavy (non-hydrogen) atoms. The van der Waals surface area contributed by atoms with Gasteiger partial charge in [-0.2, -0.15) is 4.99 Å². The zero-order valence-corrected chi connectivity index (χ0v) is 11.1. The Hall–Kier alpha value is -1.84. The Kier molecular flexibility index (Phi) is 3.36. The van der Waals surface area contributed by atoms with Crippen molar-refractivity contribution in [3.05, 3.63) is 34.9 Å². The van der Waals surface area contributed by atoms with Gasteiger partial charge in [0.1, 0.15) is 11.9 Å². The van der Waals surface area contributed by atoms with E-state index in [0.717, 1.165) is 12.0 Å². The van der Waals surface area contributed by atoms with Gasteiger partial charge in [0.2, 0.25) is 0 Å². The smallest absolute Gasteiger partial charge is 0.346 e. The first-order valence-corrected chi connectivity index (χ1v) is 6.27. The van der Waals surface area contributed by atoms with Crippen molar-refractivity contribution in [3.8, 4) is 0 Å². The summed E-state index contributed by atoms with van der Waals surface area (Å²) in [6.07, 6.45) is 0.899. The van der Waals surface area contributed by atoms with E-state index >= 15 is 0 Å². The first-order chi connectivity index (χ1) is 8.56. The Bertz CT molecular complexity index is 508. The normalized spacial score (nSPS) is 19.3. The molecule has 2 rings (SSSR count). The summed E-state index contributed by atoms with van der Waals surface area (Å²) in [6, 6.07) is 5.67. The summed E-state index contributed by atoms with van der Waals surface area (Å²) >= 11 is 0. The number of aliphatic imine (C=N–C) groups is 1. The van der Waals surface area contributed by atoms with Crippen molar-refractivity contribution in [3.63, 3.8) is 0 Å². The number of benzene rings is 1. The molecule has 1 aliphatic rings. The minimum absolute atomic E-state index is 0.197. The molecule has 1 aliphatic heterocycles. The molecule has 1 aromatic carbocycles. The van der Waals surface area contributed by atoms with Crippen molar-refractivity contribution >= 4 is 11.9 Å². The van der Waals surface area contributed by atoms with Crippen molar-refractivity contribution in [2.45, 2.75) is 33.2 Å². The number of nitrogens with two attached hydrogens (primary N) is 1. The zero-order valence-electron chi connectivity index (χ0n) is 11.1. The number of carbonyl (C=O) groups excluding carboxylic acids is 1. The summed E-state index contributed by atoms with van der Waals surface area (Å²) in [4.78, 5) is 17.5. The monoisotopic (exact) mass is 245 g/mol. The maximum Gasteiger partial charge on any atom is 0.346 e. The highest BCUT2D eigenvalue weighted by Crippen LogP contribution is 2.30. The SMILES string of the molecule is CCCN1C(=O)N=C(N)C1c1cccc(C)c1C. The molecule has 0 saturated heterocycles. The lowest BCUT2D eigenvalue weighted by molar-refractivity contribution is 0.206. The molecule has 0 spiro atoms. The van der Waals surface area contributed by atoms with Gasteiger partial charge in [-0.25, -0.2) is 4.79 Å².